The summed E-state index contributed by atoms with van der Waals surface area (Å²) in [7, 11) is 1.65. The van der Waals surface area contributed by atoms with Crippen molar-refractivity contribution in [2.75, 3.05) is 39.9 Å². The van der Waals surface area contributed by atoms with Crippen LogP contribution in [-0.4, -0.2) is 97.9 Å². The van der Waals surface area contributed by atoms with E-state index in [2.05, 4.69) is 58.2 Å². The lowest BCUT2D eigenvalue weighted by Crippen LogP contribution is -2.46. The number of methoxy groups -OCH3 is 1. The summed E-state index contributed by atoms with van der Waals surface area (Å²) < 4.78 is 23.5. The van der Waals surface area contributed by atoms with Crippen molar-refractivity contribution in [1.82, 2.24) is 10.2 Å². The molecule has 0 spiro atoms. The van der Waals surface area contributed by atoms with Gasteiger partial charge in [0.1, 0.15) is 5.78 Å². The summed E-state index contributed by atoms with van der Waals surface area (Å²) in [6.45, 7) is 16.1. The minimum absolute atomic E-state index is 0.0729. The fraction of sp³-hybridized carbons (Fsp3) is 0.833. The van der Waals surface area contributed by atoms with Gasteiger partial charge in [0.25, 0.3) is 0 Å². The predicted octanol–water partition coefficient (Wildman–Crippen LogP) is 5.84. The Labute approximate surface area is 272 Å². The molecule has 3 fully saturated rings. The molecule has 3 rings (SSSR count). The highest BCUT2D eigenvalue weighted by atomic mass is 16.6. The van der Waals surface area contributed by atoms with Gasteiger partial charge in [-0.05, 0) is 83.1 Å². The molecule has 0 unspecified atom stereocenters. The van der Waals surface area contributed by atoms with Crippen LogP contribution in [0.3, 0.4) is 0 Å². The minimum atomic E-state index is -0.531. The largest absolute Gasteiger partial charge is 0.449 e. The zero-order valence-corrected chi connectivity index (χ0v) is 29.1. The summed E-state index contributed by atoms with van der Waals surface area (Å²) in [6, 6.07) is 0. The number of allylic oxidation sites excluding steroid dienone is 3. The highest BCUT2D eigenvalue weighted by Crippen LogP contribution is 2.47. The number of aliphatic hydroxyl groups is 1. The van der Waals surface area contributed by atoms with Crippen molar-refractivity contribution in [3.63, 3.8) is 0 Å². The van der Waals surface area contributed by atoms with E-state index in [0.29, 0.717) is 50.2 Å². The number of aliphatic hydroxyl groups excluding tert-OH is 1. The number of piperazine rings is 1. The number of ketones is 1. The molecular weight excluding hydrogens is 572 g/mol. The number of amides is 1. The van der Waals surface area contributed by atoms with Crippen LogP contribution in [-0.2, 0) is 23.7 Å². The number of nitrogens with one attached hydrogen (secondary N) is 1. The first kappa shape index (κ1) is 37.7. The molecule has 9 heteroatoms. The molecule has 9 nitrogen and oxygen atoms in total. The van der Waals surface area contributed by atoms with E-state index >= 15 is 0 Å². The van der Waals surface area contributed by atoms with Crippen LogP contribution in [0.4, 0.5) is 4.79 Å². The van der Waals surface area contributed by atoms with Crippen LogP contribution >= 0.6 is 0 Å². The van der Waals surface area contributed by atoms with Crippen LogP contribution in [0.1, 0.15) is 99.3 Å². The molecule has 9 atom stereocenters. The Morgan fingerprint density at radius 3 is 2.53 bits per heavy atom. The number of Topliss-reactive ketones (excluding diaryl/α,β-unsaturated/α-hetero) is 1. The smallest absolute Gasteiger partial charge is 0.409 e. The van der Waals surface area contributed by atoms with Crippen molar-refractivity contribution >= 4 is 11.9 Å². The first-order chi connectivity index (χ1) is 21.4. The molecule has 0 aromatic heterocycles. The monoisotopic (exact) mass is 634 g/mol. The molecule has 0 bridgehead atoms. The number of ether oxygens (including phenoxy) is 4. The number of hydrogen-bond donors (Lipinski definition) is 2. The van der Waals surface area contributed by atoms with Crippen molar-refractivity contribution in [3.05, 3.63) is 23.8 Å². The van der Waals surface area contributed by atoms with Gasteiger partial charge in [-0.3, -0.25) is 4.79 Å². The second-order valence-electron chi connectivity index (χ2n) is 14.1. The topological polar surface area (TPSA) is 110 Å². The van der Waals surface area contributed by atoms with Crippen LogP contribution < -0.4 is 5.32 Å². The molecule has 2 N–H and O–H groups in total. The van der Waals surface area contributed by atoms with Gasteiger partial charge >= 0.3 is 6.09 Å². The van der Waals surface area contributed by atoms with Gasteiger partial charge in [0, 0.05) is 52.0 Å². The summed E-state index contributed by atoms with van der Waals surface area (Å²) >= 11 is 0. The van der Waals surface area contributed by atoms with Crippen LogP contribution in [0.5, 0.6) is 0 Å². The van der Waals surface area contributed by atoms with Gasteiger partial charge in [-0.25, -0.2) is 4.79 Å². The van der Waals surface area contributed by atoms with E-state index in [4.69, 9.17) is 18.9 Å². The third kappa shape index (κ3) is 12.1. The number of unbranched alkanes of at least 4 members (excludes halogenated alkanes) is 2. The van der Waals surface area contributed by atoms with Crippen molar-refractivity contribution in [2.24, 2.45) is 17.8 Å². The SMILES string of the molecule is CO[C@H]([C@@H](C)[C@H]1O[C@]1(C)C[C@H](C)/C=C/C=C(\C)[C@H]1O[C@@H](CCC(=O)CCCCCOC(=O)N2CCNCC2)CC[C@@H]1C)[C@@H](C)O. The van der Waals surface area contributed by atoms with Gasteiger partial charge in [-0.2, -0.15) is 0 Å². The molecule has 3 aliphatic rings. The van der Waals surface area contributed by atoms with Gasteiger partial charge in [0.2, 0.25) is 0 Å². The maximum atomic E-state index is 12.6. The Hall–Kier alpha value is -1.78. The molecule has 258 valence electrons. The highest BCUT2D eigenvalue weighted by molar-refractivity contribution is 5.78. The lowest BCUT2D eigenvalue weighted by molar-refractivity contribution is -0.121. The Morgan fingerprint density at radius 1 is 1.11 bits per heavy atom. The third-order valence-electron chi connectivity index (χ3n) is 9.90. The number of hydrogen-bond acceptors (Lipinski definition) is 8. The van der Waals surface area contributed by atoms with E-state index in [-0.39, 0.29) is 42.0 Å². The summed E-state index contributed by atoms with van der Waals surface area (Å²) in [5, 5.41) is 13.3. The highest BCUT2D eigenvalue weighted by Gasteiger charge is 2.56. The average Bonchev–Trinajstić information content (AvgIpc) is 3.68. The van der Waals surface area contributed by atoms with Crippen LogP contribution in [0.15, 0.2) is 23.8 Å². The summed E-state index contributed by atoms with van der Waals surface area (Å²) in [5.41, 5.74) is 1.03. The van der Waals surface area contributed by atoms with E-state index < -0.39 is 6.10 Å². The van der Waals surface area contributed by atoms with E-state index in [1.165, 1.54) is 5.57 Å². The van der Waals surface area contributed by atoms with E-state index in [0.717, 1.165) is 58.0 Å². The number of nitrogens with zero attached hydrogens (tertiary/aromatic N) is 1. The van der Waals surface area contributed by atoms with Gasteiger partial charge in [-0.15, -0.1) is 0 Å². The molecule has 0 saturated carbocycles. The maximum Gasteiger partial charge on any atom is 0.409 e. The zero-order chi connectivity index (χ0) is 33.0. The predicted molar refractivity (Wildman–Crippen MR) is 177 cm³/mol. The van der Waals surface area contributed by atoms with Gasteiger partial charge < -0.3 is 34.3 Å². The fourth-order valence-electron chi connectivity index (χ4n) is 7.23. The lowest BCUT2D eigenvalue weighted by atomic mass is 9.85. The first-order valence-corrected chi connectivity index (χ1v) is 17.5. The second-order valence-corrected chi connectivity index (χ2v) is 14.1. The van der Waals surface area contributed by atoms with Crippen LogP contribution in [0, 0.1) is 17.8 Å². The molecular formula is C36H62N2O7. The second kappa shape index (κ2) is 18.5. The number of carbonyl (C=O) groups is 2. The van der Waals surface area contributed by atoms with E-state index in [9.17, 15) is 14.7 Å². The average molecular weight is 635 g/mol. The molecule has 3 heterocycles. The van der Waals surface area contributed by atoms with E-state index in [1.807, 2.05) is 0 Å². The van der Waals surface area contributed by atoms with Crippen molar-refractivity contribution < 1.29 is 33.6 Å². The maximum absolute atomic E-state index is 12.6. The Kier molecular flexibility index (Phi) is 15.5. The van der Waals surface area contributed by atoms with Crippen molar-refractivity contribution in [1.29, 1.82) is 0 Å². The fourth-order valence-corrected chi connectivity index (χ4v) is 7.23. The summed E-state index contributed by atoms with van der Waals surface area (Å²) in [4.78, 5) is 26.3. The van der Waals surface area contributed by atoms with Crippen molar-refractivity contribution in [3.8, 4) is 0 Å². The number of epoxide rings is 1. The van der Waals surface area contributed by atoms with E-state index in [1.54, 1.807) is 18.9 Å². The minimum Gasteiger partial charge on any atom is -0.449 e. The summed E-state index contributed by atoms with van der Waals surface area (Å²) in [5.74, 6) is 1.21. The Bertz CT molecular complexity index is 978. The molecule has 45 heavy (non-hydrogen) atoms. The standard InChI is InChI=1S/C36H62N2O7/c1-25(24-36(6)34(45-36)28(4)33(42-7)29(5)39)12-11-13-26(2)32-27(3)15-17-31(44-32)18-16-30(40)14-9-8-10-23-43-35(41)38-21-19-37-20-22-38/h11-13,25,27-29,31-34,37,39H,8-10,14-24H2,1-7H3/b12-11+,26-13+/t25-,27+,28-,29-,31-,32-,33-,34-,36-/m1/s1. The zero-order valence-electron chi connectivity index (χ0n) is 29.1. The third-order valence-corrected chi connectivity index (χ3v) is 9.90. The lowest BCUT2D eigenvalue weighted by Gasteiger charge is -2.35. The Morgan fingerprint density at radius 2 is 1.84 bits per heavy atom. The molecule has 1 amide bonds. The van der Waals surface area contributed by atoms with Gasteiger partial charge in [0.15, 0.2) is 0 Å². The number of carbonyl (C=O) groups excluding carboxylic acids is 2. The first-order valence-electron chi connectivity index (χ1n) is 17.5. The molecule has 0 aromatic carbocycles. The quantitative estimate of drug-likeness (QED) is 0.110. The molecule has 3 aliphatic heterocycles. The Balaban J connectivity index is 1.32. The summed E-state index contributed by atoms with van der Waals surface area (Å²) in [6.07, 6.45) is 13.3. The van der Waals surface area contributed by atoms with Crippen LogP contribution in [0.2, 0.25) is 0 Å². The van der Waals surface area contributed by atoms with Crippen molar-refractivity contribution in [2.45, 2.75) is 135 Å². The molecule has 0 aromatic rings. The number of rotatable bonds is 18. The molecule has 3 saturated heterocycles. The molecule has 0 aliphatic carbocycles. The van der Waals surface area contributed by atoms with Gasteiger partial charge in [0.05, 0.1) is 42.7 Å². The van der Waals surface area contributed by atoms with Crippen LogP contribution in [0.25, 0.3) is 0 Å². The molecule has 0 radical (unpaired) electrons. The van der Waals surface area contributed by atoms with Gasteiger partial charge in [-0.1, -0.05) is 39.0 Å². The normalized spacial score (nSPS) is 30.1.